The zero-order chi connectivity index (χ0) is 15.8. The van der Waals surface area contributed by atoms with Crippen LogP contribution >= 0.6 is 0 Å². The zero-order valence-electron chi connectivity index (χ0n) is 14.8. The Morgan fingerprint density at radius 3 is 1.81 bits per heavy atom. The summed E-state index contributed by atoms with van der Waals surface area (Å²) in [5.74, 6) is -0.000348. The van der Waals surface area contributed by atoms with Crippen molar-refractivity contribution in [2.75, 3.05) is 0 Å². The van der Waals surface area contributed by atoms with E-state index in [2.05, 4.69) is 20.8 Å². The predicted molar refractivity (Wildman–Crippen MR) is 91.5 cm³/mol. The molecule has 0 radical (unpaired) electrons. The highest BCUT2D eigenvalue weighted by Gasteiger charge is 2.11. The van der Waals surface area contributed by atoms with Crippen molar-refractivity contribution in [2.24, 2.45) is 0 Å². The molecule has 0 aliphatic carbocycles. The summed E-state index contributed by atoms with van der Waals surface area (Å²) in [4.78, 5) is 11.6. The minimum atomic E-state index is -0.000348. The fourth-order valence-electron chi connectivity index (χ4n) is 2.59. The van der Waals surface area contributed by atoms with Crippen molar-refractivity contribution >= 4 is 5.97 Å². The summed E-state index contributed by atoms with van der Waals surface area (Å²) >= 11 is 0. The van der Waals surface area contributed by atoms with E-state index in [1.165, 1.54) is 57.8 Å². The first-order chi connectivity index (χ1) is 10.2. The fraction of sp³-hybridized carbons (Fsp3) is 0.947. The third-order valence-corrected chi connectivity index (χ3v) is 4.12. The summed E-state index contributed by atoms with van der Waals surface area (Å²) in [6.45, 7) is 6.48. The van der Waals surface area contributed by atoms with E-state index >= 15 is 0 Å². The molecule has 2 heteroatoms. The van der Waals surface area contributed by atoms with E-state index < -0.39 is 0 Å². The topological polar surface area (TPSA) is 26.3 Å². The number of carbonyl (C=O) groups is 1. The number of ether oxygens (including phenoxy) is 1. The predicted octanol–water partition coefficient (Wildman–Crippen LogP) is 6.42. The average Bonchev–Trinajstić information content (AvgIpc) is 2.50. The van der Waals surface area contributed by atoms with Gasteiger partial charge in [-0.2, -0.15) is 0 Å². The lowest BCUT2D eigenvalue weighted by molar-refractivity contribution is -0.149. The maximum absolute atomic E-state index is 11.6. The number of esters is 1. The minimum Gasteiger partial charge on any atom is -0.462 e. The van der Waals surface area contributed by atoms with Crippen LogP contribution in [0.5, 0.6) is 0 Å². The molecule has 0 amide bonds. The SMILES string of the molecule is CCCCCCCCCCCC(CC)OC(=O)CCCC. The molecule has 0 rings (SSSR count). The summed E-state index contributed by atoms with van der Waals surface area (Å²) in [5.41, 5.74) is 0. The molecule has 2 nitrogen and oxygen atoms in total. The molecule has 0 fully saturated rings. The monoisotopic (exact) mass is 298 g/mol. The van der Waals surface area contributed by atoms with Crippen molar-refractivity contribution in [3.8, 4) is 0 Å². The van der Waals surface area contributed by atoms with Crippen molar-refractivity contribution in [2.45, 2.75) is 117 Å². The summed E-state index contributed by atoms with van der Waals surface area (Å²) in [6.07, 6.45) is 16.9. The normalized spacial score (nSPS) is 12.3. The van der Waals surface area contributed by atoms with Crippen molar-refractivity contribution in [3.63, 3.8) is 0 Å². The Hall–Kier alpha value is -0.530. The van der Waals surface area contributed by atoms with Gasteiger partial charge in [-0.1, -0.05) is 78.6 Å². The molecule has 1 unspecified atom stereocenters. The Labute approximate surface area is 133 Å². The smallest absolute Gasteiger partial charge is 0.306 e. The summed E-state index contributed by atoms with van der Waals surface area (Å²) in [7, 11) is 0. The molecule has 21 heavy (non-hydrogen) atoms. The molecule has 0 aromatic rings. The molecule has 0 spiro atoms. The standard InChI is InChI=1S/C19H38O2/c1-4-7-9-10-11-12-13-14-15-16-18(6-3)21-19(20)17-8-5-2/h18H,4-17H2,1-3H3. The summed E-state index contributed by atoms with van der Waals surface area (Å²) in [6, 6.07) is 0. The third-order valence-electron chi connectivity index (χ3n) is 4.12. The van der Waals surface area contributed by atoms with Crippen molar-refractivity contribution in [1.29, 1.82) is 0 Å². The number of unbranched alkanes of at least 4 members (excludes halogenated alkanes) is 9. The largest absolute Gasteiger partial charge is 0.462 e. The lowest BCUT2D eigenvalue weighted by Crippen LogP contribution is -2.17. The Balaban J connectivity index is 3.44. The van der Waals surface area contributed by atoms with Gasteiger partial charge in [0.25, 0.3) is 0 Å². The van der Waals surface area contributed by atoms with Crippen molar-refractivity contribution in [1.82, 2.24) is 0 Å². The molecule has 0 aromatic carbocycles. The maximum atomic E-state index is 11.6. The van der Waals surface area contributed by atoms with E-state index in [0.717, 1.165) is 25.7 Å². The molecule has 0 N–H and O–H groups in total. The highest BCUT2D eigenvalue weighted by Crippen LogP contribution is 2.14. The van der Waals surface area contributed by atoms with Crippen LogP contribution < -0.4 is 0 Å². The molecule has 126 valence electrons. The van der Waals surface area contributed by atoms with Crippen LogP contribution in [0.1, 0.15) is 111 Å². The van der Waals surface area contributed by atoms with E-state index in [4.69, 9.17) is 4.74 Å². The van der Waals surface area contributed by atoms with Gasteiger partial charge in [-0.15, -0.1) is 0 Å². The fourth-order valence-corrected chi connectivity index (χ4v) is 2.59. The summed E-state index contributed by atoms with van der Waals surface area (Å²) in [5, 5.41) is 0. The molecule has 0 aliphatic heterocycles. The third kappa shape index (κ3) is 14.2. The Kier molecular flexibility index (Phi) is 15.5. The highest BCUT2D eigenvalue weighted by molar-refractivity contribution is 5.69. The summed E-state index contributed by atoms with van der Waals surface area (Å²) < 4.78 is 5.53. The van der Waals surface area contributed by atoms with Gasteiger partial charge < -0.3 is 4.74 Å². The molecule has 0 aromatic heterocycles. The zero-order valence-corrected chi connectivity index (χ0v) is 14.8. The van der Waals surface area contributed by atoms with E-state index in [9.17, 15) is 4.79 Å². The first-order valence-electron chi connectivity index (χ1n) is 9.44. The van der Waals surface area contributed by atoms with E-state index in [1.807, 2.05) is 0 Å². The van der Waals surface area contributed by atoms with Gasteiger partial charge >= 0.3 is 5.97 Å². The van der Waals surface area contributed by atoms with Gasteiger partial charge in [0.15, 0.2) is 0 Å². The first-order valence-corrected chi connectivity index (χ1v) is 9.44. The van der Waals surface area contributed by atoms with Crippen molar-refractivity contribution < 1.29 is 9.53 Å². The number of hydrogen-bond donors (Lipinski definition) is 0. The van der Waals surface area contributed by atoms with Crippen LogP contribution in [0.3, 0.4) is 0 Å². The molecule has 0 heterocycles. The minimum absolute atomic E-state index is 0.000348. The number of rotatable bonds is 15. The Morgan fingerprint density at radius 2 is 1.29 bits per heavy atom. The van der Waals surface area contributed by atoms with Gasteiger partial charge in [-0.3, -0.25) is 4.79 Å². The van der Waals surface area contributed by atoms with Gasteiger partial charge in [-0.25, -0.2) is 0 Å². The average molecular weight is 299 g/mol. The van der Waals surface area contributed by atoms with Crippen LogP contribution in [-0.2, 0) is 9.53 Å². The molecular weight excluding hydrogens is 260 g/mol. The lowest BCUT2D eigenvalue weighted by atomic mass is 10.0. The molecular formula is C19H38O2. The van der Waals surface area contributed by atoms with E-state index in [-0.39, 0.29) is 12.1 Å². The van der Waals surface area contributed by atoms with Gasteiger partial charge in [0, 0.05) is 6.42 Å². The first kappa shape index (κ1) is 20.5. The van der Waals surface area contributed by atoms with E-state index in [0.29, 0.717) is 6.42 Å². The molecule has 0 bridgehead atoms. The van der Waals surface area contributed by atoms with Gasteiger partial charge in [0.05, 0.1) is 0 Å². The molecule has 1 atom stereocenters. The maximum Gasteiger partial charge on any atom is 0.306 e. The van der Waals surface area contributed by atoms with Crippen LogP contribution in [0.25, 0.3) is 0 Å². The van der Waals surface area contributed by atoms with Crippen LogP contribution in [0, 0.1) is 0 Å². The van der Waals surface area contributed by atoms with Crippen LogP contribution in [0.2, 0.25) is 0 Å². The van der Waals surface area contributed by atoms with Crippen molar-refractivity contribution in [3.05, 3.63) is 0 Å². The quantitative estimate of drug-likeness (QED) is 0.257. The van der Waals surface area contributed by atoms with E-state index in [1.54, 1.807) is 0 Å². The second-order valence-corrected chi connectivity index (χ2v) is 6.24. The van der Waals surface area contributed by atoms with Crippen LogP contribution in [-0.4, -0.2) is 12.1 Å². The number of carbonyl (C=O) groups excluding carboxylic acids is 1. The van der Waals surface area contributed by atoms with Gasteiger partial charge in [0.1, 0.15) is 6.10 Å². The Bertz CT molecular complexity index is 226. The van der Waals surface area contributed by atoms with Gasteiger partial charge in [0.2, 0.25) is 0 Å². The second kappa shape index (κ2) is 15.9. The van der Waals surface area contributed by atoms with Gasteiger partial charge in [-0.05, 0) is 25.7 Å². The molecule has 0 saturated carbocycles. The second-order valence-electron chi connectivity index (χ2n) is 6.24. The molecule has 0 saturated heterocycles. The van der Waals surface area contributed by atoms with Crippen LogP contribution in [0.15, 0.2) is 0 Å². The highest BCUT2D eigenvalue weighted by atomic mass is 16.5. The lowest BCUT2D eigenvalue weighted by Gasteiger charge is -2.16. The number of hydrogen-bond acceptors (Lipinski definition) is 2. The Morgan fingerprint density at radius 1 is 0.762 bits per heavy atom. The van der Waals surface area contributed by atoms with Crippen LogP contribution in [0.4, 0.5) is 0 Å². The molecule has 0 aliphatic rings.